The minimum absolute atomic E-state index is 0.110. The van der Waals surface area contributed by atoms with Crippen LogP contribution in [0.25, 0.3) is 0 Å². The van der Waals surface area contributed by atoms with E-state index in [-0.39, 0.29) is 24.5 Å². The van der Waals surface area contributed by atoms with Crippen LogP contribution in [0.4, 0.5) is 0 Å². The zero-order chi connectivity index (χ0) is 22.2. The van der Waals surface area contributed by atoms with E-state index >= 15 is 0 Å². The van der Waals surface area contributed by atoms with Gasteiger partial charge in [0.05, 0.1) is 17.7 Å². The maximum atomic E-state index is 12.9. The number of carbonyl (C=O) groups is 4. The molecule has 0 bridgehead atoms. The Kier molecular flexibility index (Phi) is 5.92. The Morgan fingerprint density at radius 2 is 1.94 bits per heavy atom. The molecule has 0 aliphatic carbocycles. The van der Waals surface area contributed by atoms with Crippen molar-refractivity contribution in [1.29, 1.82) is 0 Å². The molecule has 2 saturated heterocycles. The van der Waals surface area contributed by atoms with Crippen LogP contribution in [-0.2, 0) is 20.9 Å². The summed E-state index contributed by atoms with van der Waals surface area (Å²) < 4.78 is 5.67. The Labute approximate surface area is 180 Å². The smallest absolute Gasteiger partial charge is 0.262 e. The first kappa shape index (κ1) is 21.6. The average Bonchev–Trinajstić information content (AvgIpc) is 3.18. The lowest BCUT2D eigenvalue weighted by Gasteiger charge is -2.27. The number of amides is 4. The average molecular weight is 428 g/mol. The summed E-state index contributed by atoms with van der Waals surface area (Å²) in [5, 5.41) is 9.02. The quantitative estimate of drug-likeness (QED) is 0.432. The van der Waals surface area contributed by atoms with Gasteiger partial charge in [-0.25, -0.2) is 0 Å². The van der Waals surface area contributed by atoms with Crippen LogP contribution in [-0.4, -0.2) is 59.5 Å². The highest BCUT2D eigenvalue weighted by Crippen LogP contribution is 2.28. The highest BCUT2D eigenvalue weighted by atomic mass is 16.5. The van der Waals surface area contributed by atoms with E-state index in [0.717, 1.165) is 36.5 Å². The molecule has 3 N–H and O–H groups in total. The molecule has 31 heavy (non-hydrogen) atoms. The summed E-state index contributed by atoms with van der Waals surface area (Å²) in [7, 11) is 0. The second-order valence-electron chi connectivity index (χ2n) is 8.81. The number of fused-ring (bicyclic) bond motifs is 1. The second kappa shape index (κ2) is 8.49. The van der Waals surface area contributed by atoms with Gasteiger partial charge < -0.3 is 10.1 Å². The molecule has 3 aliphatic rings. The van der Waals surface area contributed by atoms with Gasteiger partial charge in [-0.2, -0.15) is 0 Å². The summed E-state index contributed by atoms with van der Waals surface area (Å²) in [5.74, 6) is -1.95. The highest BCUT2D eigenvalue weighted by Gasteiger charge is 2.44. The van der Waals surface area contributed by atoms with Gasteiger partial charge in [0.15, 0.2) is 0 Å². The molecule has 0 radical (unpaired) electrons. The molecule has 4 rings (SSSR count). The summed E-state index contributed by atoms with van der Waals surface area (Å²) in [6.07, 6.45) is 2.26. The summed E-state index contributed by atoms with van der Waals surface area (Å²) in [5.41, 5.74) is 1.25. The van der Waals surface area contributed by atoms with Crippen LogP contribution in [0.5, 0.6) is 0 Å². The van der Waals surface area contributed by atoms with Gasteiger partial charge in [-0.1, -0.05) is 6.07 Å². The highest BCUT2D eigenvalue weighted by molar-refractivity contribution is 6.23. The SMILES string of the molecule is CC1(C)N[C@H](CCCNCc2ccc3c(c2)C(=O)N(C2CCC(=O)NC2=O)C3=O)CO1. The van der Waals surface area contributed by atoms with Gasteiger partial charge in [-0.15, -0.1) is 0 Å². The van der Waals surface area contributed by atoms with Crippen molar-refractivity contribution < 1.29 is 23.9 Å². The normalized spacial score (nSPS) is 25.2. The summed E-state index contributed by atoms with van der Waals surface area (Å²) >= 11 is 0. The van der Waals surface area contributed by atoms with Crippen molar-refractivity contribution in [2.45, 2.75) is 63.9 Å². The van der Waals surface area contributed by atoms with Crippen molar-refractivity contribution in [2.75, 3.05) is 13.2 Å². The third-order valence-electron chi connectivity index (χ3n) is 5.94. The van der Waals surface area contributed by atoms with E-state index in [9.17, 15) is 19.2 Å². The van der Waals surface area contributed by atoms with Crippen LogP contribution in [0.2, 0.25) is 0 Å². The molecule has 2 fully saturated rings. The number of benzene rings is 1. The van der Waals surface area contributed by atoms with E-state index in [1.165, 1.54) is 0 Å². The Bertz CT molecular complexity index is 928. The van der Waals surface area contributed by atoms with Gasteiger partial charge in [0.25, 0.3) is 11.8 Å². The molecule has 1 aromatic carbocycles. The third kappa shape index (κ3) is 4.53. The monoisotopic (exact) mass is 428 g/mol. The maximum absolute atomic E-state index is 12.9. The molecule has 2 atom stereocenters. The lowest BCUT2D eigenvalue weighted by molar-refractivity contribution is -0.136. The lowest BCUT2D eigenvalue weighted by atomic mass is 10.0. The van der Waals surface area contributed by atoms with E-state index < -0.39 is 23.8 Å². The Morgan fingerprint density at radius 1 is 1.16 bits per heavy atom. The fraction of sp³-hybridized carbons (Fsp3) is 0.545. The first-order valence-electron chi connectivity index (χ1n) is 10.7. The van der Waals surface area contributed by atoms with Crippen LogP contribution in [0.1, 0.15) is 65.8 Å². The largest absolute Gasteiger partial charge is 0.360 e. The molecule has 166 valence electrons. The number of hydrogen-bond acceptors (Lipinski definition) is 7. The fourth-order valence-corrected chi connectivity index (χ4v) is 4.37. The standard InChI is InChI=1S/C22H28N4O5/c1-22(2)25-14(12-31-22)4-3-9-23-11-13-5-6-15-16(10-13)21(30)26(20(15)29)17-7-8-18(27)24-19(17)28/h5-6,10,14,17,23,25H,3-4,7-9,11-12H2,1-2H3,(H,24,27,28)/t14-,17?/m1/s1. The molecule has 4 amide bonds. The van der Waals surface area contributed by atoms with Crippen molar-refractivity contribution in [3.8, 4) is 0 Å². The first-order chi connectivity index (χ1) is 14.7. The fourth-order valence-electron chi connectivity index (χ4n) is 4.37. The van der Waals surface area contributed by atoms with E-state index in [1.54, 1.807) is 12.1 Å². The van der Waals surface area contributed by atoms with Crippen LogP contribution in [0.3, 0.4) is 0 Å². The van der Waals surface area contributed by atoms with E-state index in [2.05, 4.69) is 16.0 Å². The van der Waals surface area contributed by atoms with Gasteiger partial charge in [0.2, 0.25) is 11.8 Å². The molecule has 0 saturated carbocycles. The van der Waals surface area contributed by atoms with E-state index in [1.807, 2.05) is 19.9 Å². The zero-order valence-electron chi connectivity index (χ0n) is 17.8. The van der Waals surface area contributed by atoms with Crippen LogP contribution < -0.4 is 16.0 Å². The summed E-state index contributed by atoms with van der Waals surface area (Å²) in [6, 6.07) is 4.59. The van der Waals surface area contributed by atoms with E-state index in [0.29, 0.717) is 23.7 Å². The molecule has 3 heterocycles. The van der Waals surface area contributed by atoms with Gasteiger partial charge in [-0.3, -0.25) is 34.7 Å². The van der Waals surface area contributed by atoms with Crippen molar-refractivity contribution in [3.63, 3.8) is 0 Å². The number of carbonyl (C=O) groups excluding carboxylic acids is 4. The molecule has 3 aliphatic heterocycles. The number of nitrogens with one attached hydrogen (secondary N) is 3. The molecular weight excluding hydrogens is 400 g/mol. The Balaban J connectivity index is 1.31. The molecule has 1 aromatic rings. The molecule has 0 spiro atoms. The van der Waals surface area contributed by atoms with Gasteiger partial charge in [0.1, 0.15) is 11.8 Å². The van der Waals surface area contributed by atoms with Crippen LogP contribution in [0.15, 0.2) is 18.2 Å². The van der Waals surface area contributed by atoms with Crippen molar-refractivity contribution >= 4 is 23.6 Å². The second-order valence-corrected chi connectivity index (χ2v) is 8.81. The number of imide groups is 2. The minimum atomic E-state index is -0.940. The topological polar surface area (TPSA) is 117 Å². The summed E-state index contributed by atoms with van der Waals surface area (Å²) in [4.78, 5) is 50.1. The van der Waals surface area contributed by atoms with Crippen molar-refractivity contribution in [3.05, 3.63) is 34.9 Å². The van der Waals surface area contributed by atoms with E-state index in [4.69, 9.17) is 4.74 Å². The van der Waals surface area contributed by atoms with Crippen LogP contribution >= 0.6 is 0 Å². The van der Waals surface area contributed by atoms with Gasteiger partial charge in [-0.05, 0) is 57.4 Å². The third-order valence-corrected chi connectivity index (χ3v) is 5.94. The number of ether oxygens (including phenoxy) is 1. The number of hydrogen-bond donors (Lipinski definition) is 3. The number of rotatable bonds is 7. The lowest BCUT2D eigenvalue weighted by Crippen LogP contribution is -2.54. The molecular formula is C22H28N4O5. The number of nitrogens with zero attached hydrogens (tertiary/aromatic N) is 1. The first-order valence-corrected chi connectivity index (χ1v) is 10.7. The zero-order valence-corrected chi connectivity index (χ0v) is 17.8. The molecule has 9 nitrogen and oxygen atoms in total. The van der Waals surface area contributed by atoms with Gasteiger partial charge >= 0.3 is 0 Å². The maximum Gasteiger partial charge on any atom is 0.262 e. The predicted octanol–water partition coefficient (Wildman–Crippen LogP) is 0.682. The minimum Gasteiger partial charge on any atom is -0.360 e. The van der Waals surface area contributed by atoms with Gasteiger partial charge in [0, 0.05) is 19.0 Å². The molecule has 1 unspecified atom stereocenters. The van der Waals surface area contributed by atoms with Crippen LogP contribution in [0, 0.1) is 0 Å². The van der Waals surface area contributed by atoms with Crippen molar-refractivity contribution in [1.82, 2.24) is 20.9 Å². The molecule has 9 heteroatoms. The van der Waals surface area contributed by atoms with Crippen molar-refractivity contribution in [2.24, 2.45) is 0 Å². The predicted molar refractivity (Wildman–Crippen MR) is 111 cm³/mol. The molecule has 0 aromatic heterocycles. The summed E-state index contributed by atoms with van der Waals surface area (Å²) in [6.45, 7) is 6.16. The number of piperidine rings is 1. The Hall–Kier alpha value is -2.62. The Morgan fingerprint density at radius 3 is 2.65 bits per heavy atom.